The Kier molecular flexibility index (Phi) is 9.49. The first-order chi connectivity index (χ1) is 11.9. The second kappa shape index (κ2) is 10.8. The van der Waals surface area contributed by atoms with E-state index >= 15 is 0 Å². The van der Waals surface area contributed by atoms with Crippen molar-refractivity contribution in [2.24, 2.45) is 10.4 Å². The van der Waals surface area contributed by atoms with Gasteiger partial charge in [-0.15, -0.1) is 24.0 Å². The summed E-state index contributed by atoms with van der Waals surface area (Å²) in [5.74, 6) is 2.38. The third kappa shape index (κ3) is 6.83. The molecule has 0 saturated carbocycles. The minimum atomic E-state index is 0. The summed E-state index contributed by atoms with van der Waals surface area (Å²) < 4.78 is 17.0. The molecule has 0 radical (unpaired) electrons. The van der Waals surface area contributed by atoms with Gasteiger partial charge in [-0.3, -0.25) is 4.99 Å². The lowest BCUT2D eigenvalue weighted by Gasteiger charge is -2.30. The first-order valence-corrected chi connectivity index (χ1v) is 8.80. The minimum Gasteiger partial charge on any atom is -0.490 e. The predicted octanol–water partition coefficient (Wildman–Crippen LogP) is 3.19. The fourth-order valence-corrected chi connectivity index (χ4v) is 2.66. The van der Waals surface area contributed by atoms with Gasteiger partial charge in [0.05, 0.1) is 19.3 Å². The van der Waals surface area contributed by atoms with Crippen LogP contribution in [-0.2, 0) is 11.3 Å². The molecule has 148 valence electrons. The maximum Gasteiger partial charge on any atom is 0.191 e. The molecule has 0 fully saturated rings. The fraction of sp³-hybridized carbons (Fsp3) is 0.632. The molecule has 0 bridgehead atoms. The van der Waals surface area contributed by atoms with Gasteiger partial charge in [-0.1, -0.05) is 26.8 Å². The molecule has 2 N–H and O–H groups in total. The number of halogens is 1. The number of nitrogens with one attached hydrogen (secondary N) is 2. The van der Waals surface area contributed by atoms with Crippen LogP contribution in [0.4, 0.5) is 0 Å². The molecule has 0 saturated heterocycles. The SMILES string of the molecule is CN=C(NCc1ccc2c(c1)OCCCO2)NCC(OC)C(C)(C)C.I. The van der Waals surface area contributed by atoms with Crippen LogP contribution in [0.3, 0.4) is 0 Å². The maximum absolute atomic E-state index is 5.74. The number of hydrogen-bond acceptors (Lipinski definition) is 4. The van der Waals surface area contributed by atoms with Crippen LogP contribution in [0.1, 0.15) is 32.8 Å². The quantitative estimate of drug-likeness (QED) is 0.388. The number of benzene rings is 1. The van der Waals surface area contributed by atoms with Crippen LogP contribution >= 0.6 is 24.0 Å². The standard InChI is InChI=1S/C19H31N3O3.HI/c1-19(2,3)17(23-5)13-22-18(20-4)21-12-14-7-8-15-16(11-14)25-10-6-9-24-15;/h7-8,11,17H,6,9-10,12-13H2,1-5H3,(H2,20,21,22);1H. The number of ether oxygens (including phenoxy) is 3. The Balaban J connectivity index is 0.00000338. The van der Waals surface area contributed by atoms with Crippen molar-refractivity contribution < 1.29 is 14.2 Å². The minimum absolute atomic E-state index is 0. The molecule has 6 nitrogen and oxygen atoms in total. The summed E-state index contributed by atoms with van der Waals surface area (Å²) >= 11 is 0. The highest BCUT2D eigenvalue weighted by Gasteiger charge is 2.24. The summed E-state index contributed by atoms with van der Waals surface area (Å²) in [6.45, 7) is 9.24. The number of fused-ring (bicyclic) bond motifs is 1. The molecule has 26 heavy (non-hydrogen) atoms. The normalized spacial score (nSPS) is 15.5. The second-order valence-corrected chi connectivity index (χ2v) is 7.23. The number of methoxy groups -OCH3 is 1. The summed E-state index contributed by atoms with van der Waals surface area (Å²) in [4.78, 5) is 4.28. The zero-order valence-corrected chi connectivity index (χ0v) is 18.8. The first-order valence-electron chi connectivity index (χ1n) is 8.80. The van der Waals surface area contributed by atoms with Crippen LogP contribution in [0.25, 0.3) is 0 Å². The Labute approximate surface area is 174 Å². The number of nitrogens with zero attached hydrogens (tertiary/aromatic N) is 1. The molecular formula is C19H32IN3O3. The lowest BCUT2D eigenvalue weighted by atomic mass is 9.89. The van der Waals surface area contributed by atoms with Crippen molar-refractivity contribution in [2.45, 2.75) is 39.8 Å². The first kappa shape index (κ1) is 22.8. The zero-order valence-electron chi connectivity index (χ0n) is 16.4. The van der Waals surface area contributed by atoms with Crippen molar-refractivity contribution in [3.05, 3.63) is 23.8 Å². The van der Waals surface area contributed by atoms with Gasteiger partial charge in [0.15, 0.2) is 17.5 Å². The molecule has 1 atom stereocenters. The molecule has 7 heteroatoms. The average molecular weight is 477 g/mol. The highest BCUT2D eigenvalue weighted by molar-refractivity contribution is 14.0. The molecule has 1 aliphatic rings. The Bertz CT molecular complexity index is 588. The van der Waals surface area contributed by atoms with Gasteiger partial charge in [0.25, 0.3) is 0 Å². The van der Waals surface area contributed by atoms with E-state index in [1.807, 2.05) is 18.2 Å². The van der Waals surface area contributed by atoms with Crippen molar-refractivity contribution in [3.8, 4) is 11.5 Å². The Morgan fingerprint density at radius 3 is 2.50 bits per heavy atom. The van der Waals surface area contributed by atoms with Gasteiger partial charge in [0.1, 0.15) is 0 Å². The lowest BCUT2D eigenvalue weighted by molar-refractivity contribution is 0.0205. The third-order valence-electron chi connectivity index (χ3n) is 4.20. The van der Waals surface area contributed by atoms with E-state index in [-0.39, 0.29) is 35.5 Å². The molecule has 1 aromatic carbocycles. The van der Waals surface area contributed by atoms with Crippen molar-refractivity contribution in [2.75, 3.05) is 33.9 Å². The lowest BCUT2D eigenvalue weighted by Crippen LogP contribution is -2.45. The van der Waals surface area contributed by atoms with Gasteiger partial charge in [0.2, 0.25) is 0 Å². The number of aliphatic imine (C=N–C) groups is 1. The van der Waals surface area contributed by atoms with E-state index < -0.39 is 0 Å². The van der Waals surface area contributed by atoms with Crippen molar-refractivity contribution in [1.82, 2.24) is 10.6 Å². The van der Waals surface area contributed by atoms with Crippen LogP contribution in [0.15, 0.2) is 23.2 Å². The van der Waals surface area contributed by atoms with Gasteiger partial charge in [-0.2, -0.15) is 0 Å². The second-order valence-electron chi connectivity index (χ2n) is 7.23. The van der Waals surface area contributed by atoms with Gasteiger partial charge in [-0.25, -0.2) is 0 Å². The van der Waals surface area contributed by atoms with Crippen LogP contribution in [-0.4, -0.2) is 46.0 Å². The van der Waals surface area contributed by atoms with Crippen LogP contribution in [0.5, 0.6) is 11.5 Å². The van der Waals surface area contributed by atoms with Gasteiger partial charge in [-0.05, 0) is 23.1 Å². The van der Waals surface area contributed by atoms with Gasteiger partial charge >= 0.3 is 0 Å². The molecule has 0 amide bonds. The number of hydrogen-bond donors (Lipinski definition) is 2. The summed E-state index contributed by atoms with van der Waals surface area (Å²) in [5.41, 5.74) is 1.18. The van der Waals surface area contributed by atoms with E-state index in [0.717, 1.165) is 29.4 Å². The maximum atomic E-state index is 5.74. The Hall–Kier alpha value is -1.22. The van der Waals surface area contributed by atoms with E-state index in [4.69, 9.17) is 14.2 Å². The van der Waals surface area contributed by atoms with E-state index in [0.29, 0.717) is 26.3 Å². The van der Waals surface area contributed by atoms with E-state index in [1.165, 1.54) is 0 Å². The van der Waals surface area contributed by atoms with Crippen molar-refractivity contribution in [1.29, 1.82) is 0 Å². The number of rotatable bonds is 5. The molecule has 1 unspecified atom stereocenters. The zero-order chi connectivity index (χ0) is 18.3. The van der Waals surface area contributed by atoms with E-state index in [2.05, 4.69) is 36.4 Å². The molecular weight excluding hydrogens is 445 g/mol. The molecule has 0 aromatic heterocycles. The summed E-state index contributed by atoms with van der Waals surface area (Å²) in [7, 11) is 3.51. The molecule has 0 spiro atoms. The smallest absolute Gasteiger partial charge is 0.191 e. The van der Waals surface area contributed by atoms with Crippen molar-refractivity contribution in [3.63, 3.8) is 0 Å². The summed E-state index contributed by atoms with van der Waals surface area (Å²) in [6.07, 6.45) is 1.01. The predicted molar refractivity (Wildman–Crippen MR) is 116 cm³/mol. The molecule has 0 aliphatic carbocycles. The highest BCUT2D eigenvalue weighted by Crippen LogP contribution is 2.30. The average Bonchev–Trinajstić information content (AvgIpc) is 2.81. The molecule has 1 aliphatic heterocycles. The van der Waals surface area contributed by atoms with Gasteiger partial charge < -0.3 is 24.8 Å². The fourth-order valence-electron chi connectivity index (χ4n) is 2.66. The Morgan fingerprint density at radius 2 is 1.88 bits per heavy atom. The topological polar surface area (TPSA) is 64.1 Å². The molecule has 2 rings (SSSR count). The highest BCUT2D eigenvalue weighted by atomic mass is 127. The van der Waals surface area contributed by atoms with E-state index in [9.17, 15) is 0 Å². The third-order valence-corrected chi connectivity index (χ3v) is 4.20. The molecule has 1 heterocycles. The largest absolute Gasteiger partial charge is 0.490 e. The molecule has 1 aromatic rings. The Morgan fingerprint density at radius 1 is 1.19 bits per heavy atom. The summed E-state index contributed by atoms with van der Waals surface area (Å²) in [6, 6.07) is 6.03. The van der Waals surface area contributed by atoms with Crippen LogP contribution < -0.4 is 20.1 Å². The van der Waals surface area contributed by atoms with E-state index in [1.54, 1.807) is 14.2 Å². The van der Waals surface area contributed by atoms with Crippen LogP contribution in [0.2, 0.25) is 0 Å². The van der Waals surface area contributed by atoms with Gasteiger partial charge in [0, 0.05) is 33.7 Å². The van der Waals surface area contributed by atoms with Crippen LogP contribution in [0, 0.1) is 5.41 Å². The monoisotopic (exact) mass is 477 g/mol. The summed E-state index contributed by atoms with van der Waals surface area (Å²) in [5, 5.41) is 6.65. The van der Waals surface area contributed by atoms with Crippen molar-refractivity contribution >= 4 is 29.9 Å². The number of guanidine groups is 1.